The molecule has 0 amide bonds. The van der Waals surface area contributed by atoms with Crippen LogP contribution >= 0.6 is 0 Å². The minimum Gasteiger partial charge on any atom is -0.477 e. The highest BCUT2D eigenvalue weighted by molar-refractivity contribution is 5.29. The van der Waals surface area contributed by atoms with Gasteiger partial charge in [-0.3, -0.25) is 10.1 Å². The molecule has 22 heavy (non-hydrogen) atoms. The van der Waals surface area contributed by atoms with E-state index in [0.29, 0.717) is 12.0 Å². The minimum atomic E-state index is -4.35. The van der Waals surface area contributed by atoms with E-state index in [9.17, 15) is 23.3 Å². The van der Waals surface area contributed by atoms with E-state index in [0.717, 1.165) is 18.3 Å². The summed E-state index contributed by atoms with van der Waals surface area (Å²) in [6, 6.07) is 7.43. The highest BCUT2D eigenvalue weighted by atomic mass is 19.4. The number of nitro groups is 1. The molecule has 0 aliphatic carbocycles. The summed E-state index contributed by atoms with van der Waals surface area (Å²) in [5.74, 6) is 0.220. The summed E-state index contributed by atoms with van der Waals surface area (Å²) in [5.41, 5.74) is -0.154. The molecule has 0 fully saturated rings. The van der Waals surface area contributed by atoms with Gasteiger partial charge in [-0.2, -0.15) is 13.2 Å². The van der Waals surface area contributed by atoms with E-state index in [1.165, 1.54) is 24.3 Å². The molecule has 8 heteroatoms. The number of benzene rings is 1. The number of nitrogens with zero attached hydrogens (tertiary/aromatic N) is 2. The number of hydrogen-bond acceptors (Lipinski definition) is 4. The van der Waals surface area contributed by atoms with Gasteiger partial charge in [0.2, 0.25) is 5.88 Å². The summed E-state index contributed by atoms with van der Waals surface area (Å²) in [5, 5.41) is 10.5. The number of hydrogen-bond donors (Lipinski definition) is 0. The Morgan fingerprint density at radius 2 is 1.82 bits per heavy atom. The first-order chi connectivity index (χ1) is 10.4. The van der Waals surface area contributed by atoms with Crippen LogP contribution in [-0.2, 0) is 12.6 Å². The molecule has 5 nitrogen and oxygen atoms in total. The van der Waals surface area contributed by atoms with Gasteiger partial charge in [0.15, 0.2) is 0 Å². The third-order valence-corrected chi connectivity index (χ3v) is 2.85. The van der Waals surface area contributed by atoms with Crippen LogP contribution in [0.5, 0.6) is 5.88 Å². The average Bonchev–Trinajstić information content (AvgIpc) is 2.47. The lowest BCUT2D eigenvalue weighted by atomic mass is 10.1. The second kappa shape index (κ2) is 6.42. The van der Waals surface area contributed by atoms with Gasteiger partial charge in [-0.15, -0.1) is 0 Å². The first-order valence-corrected chi connectivity index (χ1v) is 6.25. The topological polar surface area (TPSA) is 65.3 Å². The average molecular weight is 312 g/mol. The first-order valence-electron chi connectivity index (χ1n) is 6.25. The fraction of sp³-hybridized carbons (Fsp3) is 0.214. The Labute approximate surface area is 123 Å². The third-order valence-electron chi connectivity index (χ3n) is 2.85. The number of aromatic nitrogens is 1. The SMILES string of the molecule is O=[N+]([O-])c1ccc(OCCc2ccc(C(F)(F)F)cc2)nc1. The molecule has 0 saturated heterocycles. The van der Waals surface area contributed by atoms with Crippen molar-refractivity contribution in [2.24, 2.45) is 0 Å². The molecule has 0 aliphatic heterocycles. The van der Waals surface area contributed by atoms with Gasteiger partial charge in [0, 0.05) is 18.6 Å². The van der Waals surface area contributed by atoms with Gasteiger partial charge in [0.1, 0.15) is 6.20 Å². The van der Waals surface area contributed by atoms with Crippen molar-refractivity contribution in [1.82, 2.24) is 4.98 Å². The van der Waals surface area contributed by atoms with Crippen LogP contribution in [0.1, 0.15) is 11.1 Å². The van der Waals surface area contributed by atoms with Gasteiger partial charge in [0.05, 0.1) is 17.1 Å². The predicted molar refractivity (Wildman–Crippen MR) is 71.5 cm³/mol. The van der Waals surface area contributed by atoms with Crippen molar-refractivity contribution in [1.29, 1.82) is 0 Å². The van der Waals surface area contributed by atoms with Crippen molar-refractivity contribution in [2.75, 3.05) is 6.61 Å². The van der Waals surface area contributed by atoms with Gasteiger partial charge in [-0.05, 0) is 17.7 Å². The molecule has 2 rings (SSSR count). The first kappa shape index (κ1) is 15.7. The number of ether oxygens (including phenoxy) is 1. The van der Waals surface area contributed by atoms with Gasteiger partial charge in [-0.1, -0.05) is 12.1 Å². The van der Waals surface area contributed by atoms with E-state index < -0.39 is 16.7 Å². The Morgan fingerprint density at radius 1 is 1.14 bits per heavy atom. The monoisotopic (exact) mass is 312 g/mol. The summed E-state index contributed by atoms with van der Waals surface area (Å²) in [7, 11) is 0. The largest absolute Gasteiger partial charge is 0.477 e. The lowest BCUT2D eigenvalue weighted by Gasteiger charge is -2.08. The molecule has 116 valence electrons. The maximum Gasteiger partial charge on any atom is 0.416 e. The molecule has 0 unspecified atom stereocenters. The maximum atomic E-state index is 12.4. The second-order valence-electron chi connectivity index (χ2n) is 4.40. The summed E-state index contributed by atoms with van der Waals surface area (Å²) < 4.78 is 42.5. The summed E-state index contributed by atoms with van der Waals surface area (Å²) in [4.78, 5) is 13.6. The van der Waals surface area contributed by atoms with Crippen LogP contribution in [0.2, 0.25) is 0 Å². The highest BCUT2D eigenvalue weighted by Gasteiger charge is 2.29. The van der Waals surface area contributed by atoms with Crippen LogP contribution in [0.3, 0.4) is 0 Å². The van der Waals surface area contributed by atoms with Crippen molar-refractivity contribution < 1.29 is 22.8 Å². The zero-order chi connectivity index (χ0) is 16.2. The third kappa shape index (κ3) is 4.18. The van der Waals surface area contributed by atoms with E-state index in [4.69, 9.17) is 4.74 Å². The standard InChI is InChI=1S/C14H11F3N2O3/c15-14(16,17)11-3-1-10(2-4-11)7-8-22-13-6-5-12(9-18-13)19(20)21/h1-6,9H,7-8H2. The smallest absolute Gasteiger partial charge is 0.416 e. The molecule has 1 aromatic carbocycles. The normalized spacial score (nSPS) is 11.2. The van der Waals surface area contributed by atoms with Crippen LogP contribution in [0, 0.1) is 10.1 Å². The van der Waals surface area contributed by atoms with Gasteiger partial charge in [-0.25, -0.2) is 4.98 Å². The van der Waals surface area contributed by atoms with E-state index in [-0.39, 0.29) is 18.2 Å². The summed E-state index contributed by atoms with van der Waals surface area (Å²) in [6.45, 7) is 0.205. The fourth-order valence-electron chi connectivity index (χ4n) is 1.70. The maximum absolute atomic E-state index is 12.4. The van der Waals surface area contributed by atoms with Crippen LogP contribution in [0.25, 0.3) is 0 Å². The molecular weight excluding hydrogens is 301 g/mol. The van der Waals surface area contributed by atoms with Crippen LogP contribution in [0.4, 0.5) is 18.9 Å². The molecule has 0 spiro atoms. The zero-order valence-corrected chi connectivity index (χ0v) is 11.2. The van der Waals surface area contributed by atoms with E-state index in [2.05, 4.69) is 4.98 Å². The fourth-order valence-corrected chi connectivity index (χ4v) is 1.70. The van der Waals surface area contributed by atoms with Crippen molar-refractivity contribution in [3.05, 3.63) is 63.8 Å². The van der Waals surface area contributed by atoms with E-state index >= 15 is 0 Å². The Balaban J connectivity index is 1.87. The molecule has 0 atom stereocenters. The van der Waals surface area contributed by atoms with Crippen LogP contribution < -0.4 is 4.74 Å². The Bertz CT molecular complexity index is 640. The van der Waals surface area contributed by atoms with E-state index in [1.807, 2.05) is 0 Å². The van der Waals surface area contributed by atoms with Gasteiger partial charge >= 0.3 is 6.18 Å². The van der Waals surface area contributed by atoms with Crippen molar-refractivity contribution >= 4 is 5.69 Å². The number of pyridine rings is 1. The molecule has 0 bridgehead atoms. The van der Waals surface area contributed by atoms with Crippen LogP contribution in [-0.4, -0.2) is 16.5 Å². The predicted octanol–water partition coefficient (Wildman–Crippen LogP) is 3.63. The molecule has 0 N–H and O–H groups in total. The lowest BCUT2D eigenvalue weighted by Crippen LogP contribution is -2.06. The minimum absolute atomic E-state index is 0.143. The second-order valence-corrected chi connectivity index (χ2v) is 4.40. The van der Waals surface area contributed by atoms with Crippen molar-refractivity contribution in [3.8, 4) is 5.88 Å². The number of rotatable bonds is 5. The quantitative estimate of drug-likeness (QED) is 0.624. The Hall–Kier alpha value is -2.64. The molecule has 2 aromatic rings. The number of alkyl halides is 3. The molecular formula is C14H11F3N2O3. The number of halogens is 3. The summed E-state index contributed by atoms with van der Waals surface area (Å²) in [6.07, 6.45) is -2.87. The zero-order valence-electron chi connectivity index (χ0n) is 11.2. The highest BCUT2D eigenvalue weighted by Crippen LogP contribution is 2.29. The molecule has 0 aliphatic rings. The van der Waals surface area contributed by atoms with Gasteiger partial charge in [0.25, 0.3) is 5.69 Å². The van der Waals surface area contributed by atoms with Crippen molar-refractivity contribution in [3.63, 3.8) is 0 Å². The molecule has 0 saturated carbocycles. The molecule has 1 aromatic heterocycles. The van der Waals surface area contributed by atoms with Crippen LogP contribution in [0.15, 0.2) is 42.6 Å². The Kier molecular flexibility index (Phi) is 4.59. The Morgan fingerprint density at radius 3 is 2.32 bits per heavy atom. The molecule has 1 heterocycles. The van der Waals surface area contributed by atoms with Crippen molar-refractivity contribution in [2.45, 2.75) is 12.6 Å². The summed E-state index contributed by atoms with van der Waals surface area (Å²) >= 11 is 0. The molecule has 0 radical (unpaired) electrons. The van der Waals surface area contributed by atoms with Gasteiger partial charge < -0.3 is 4.74 Å². The van der Waals surface area contributed by atoms with E-state index in [1.54, 1.807) is 0 Å². The lowest BCUT2D eigenvalue weighted by molar-refractivity contribution is -0.385.